The zero-order valence-corrected chi connectivity index (χ0v) is 15.7. The van der Waals surface area contributed by atoms with Crippen LogP contribution in [0.25, 0.3) is 0 Å². The van der Waals surface area contributed by atoms with Crippen molar-refractivity contribution in [3.05, 3.63) is 0 Å². The lowest BCUT2D eigenvalue weighted by Crippen LogP contribution is -2.34. The second kappa shape index (κ2) is 8.37. The van der Waals surface area contributed by atoms with E-state index in [-0.39, 0.29) is 6.10 Å². The summed E-state index contributed by atoms with van der Waals surface area (Å²) in [5.41, 5.74) is 0. The Balaban J connectivity index is 1.40. The standard InChI is InChI=1S/C22H40O/c1-3-17-7-11-19(12-8-17)20-13-9-18(10-14-20)15-21-6-4-5-16(2)22(21)23/h16-23H,3-15H2,1-2H3. The van der Waals surface area contributed by atoms with Gasteiger partial charge < -0.3 is 5.11 Å². The summed E-state index contributed by atoms with van der Waals surface area (Å²) in [6, 6.07) is 0. The van der Waals surface area contributed by atoms with Crippen LogP contribution < -0.4 is 0 Å². The fourth-order valence-corrected chi connectivity index (χ4v) is 6.16. The molecule has 23 heavy (non-hydrogen) atoms. The Kier molecular flexibility index (Phi) is 6.46. The van der Waals surface area contributed by atoms with Gasteiger partial charge >= 0.3 is 0 Å². The van der Waals surface area contributed by atoms with Crippen LogP contribution in [0.2, 0.25) is 0 Å². The third kappa shape index (κ3) is 4.53. The van der Waals surface area contributed by atoms with Gasteiger partial charge in [-0.15, -0.1) is 0 Å². The van der Waals surface area contributed by atoms with Gasteiger partial charge in [-0.2, -0.15) is 0 Å². The predicted octanol–water partition coefficient (Wildman–Crippen LogP) is 6.20. The first-order valence-electron chi connectivity index (χ1n) is 10.8. The quantitative estimate of drug-likeness (QED) is 0.654. The van der Waals surface area contributed by atoms with E-state index in [9.17, 15) is 5.11 Å². The normalized spacial score (nSPS) is 45.8. The lowest BCUT2D eigenvalue weighted by atomic mass is 9.67. The molecule has 0 aromatic rings. The highest BCUT2D eigenvalue weighted by atomic mass is 16.3. The van der Waals surface area contributed by atoms with E-state index >= 15 is 0 Å². The Hall–Kier alpha value is -0.0400. The fraction of sp³-hybridized carbons (Fsp3) is 1.00. The van der Waals surface area contributed by atoms with Crippen molar-refractivity contribution in [1.29, 1.82) is 0 Å². The Morgan fingerprint density at radius 2 is 1.30 bits per heavy atom. The first-order chi connectivity index (χ1) is 11.2. The zero-order valence-electron chi connectivity index (χ0n) is 15.7. The third-order valence-corrected chi connectivity index (χ3v) is 7.96. The molecule has 0 heterocycles. The average Bonchev–Trinajstić information content (AvgIpc) is 2.60. The molecule has 0 amide bonds. The Bertz CT molecular complexity index is 336. The molecule has 0 spiro atoms. The number of hydrogen-bond acceptors (Lipinski definition) is 1. The maximum Gasteiger partial charge on any atom is 0.0594 e. The average molecular weight is 321 g/mol. The molecule has 0 bridgehead atoms. The monoisotopic (exact) mass is 320 g/mol. The number of aliphatic hydroxyl groups is 1. The minimum atomic E-state index is -0.00852. The van der Waals surface area contributed by atoms with Crippen molar-refractivity contribution < 1.29 is 5.11 Å². The third-order valence-electron chi connectivity index (χ3n) is 7.96. The lowest BCUT2D eigenvalue weighted by molar-refractivity contribution is 0.00889. The highest BCUT2D eigenvalue weighted by molar-refractivity contribution is 4.85. The summed E-state index contributed by atoms with van der Waals surface area (Å²) in [7, 11) is 0. The van der Waals surface area contributed by atoms with E-state index in [1.165, 1.54) is 83.5 Å². The maximum absolute atomic E-state index is 10.5. The summed E-state index contributed by atoms with van der Waals surface area (Å²) in [6.45, 7) is 4.62. The maximum atomic E-state index is 10.5. The number of aliphatic hydroxyl groups excluding tert-OH is 1. The second-order valence-electron chi connectivity index (χ2n) is 9.36. The summed E-state index contributed by atoms with van der Waals surface area (Å²) in [5.74, 6) is 5.21. The van der Waals surface area contributed by atoms with Crippen molar-refractivity contribution in [1.82, 2.24) is 0 Å². The molecule has 3 atom stereocenters. The van der Waals surface area contributed by atoms with Gasteiger partial charge in [0.15, 0.2) is 0 Å². The van der Waals surface area contributed by atoms with Crippen molar-refractivity contribution >= 4 is 0 Å². The lowest BCUT2D eigenvalue weighted by Gasteiger charge is -2.40. The molecular weight excluding hydrogens is 280 g/mol. The van der Waals surface area contributed by atoms with Crippen LogP contribution in [0.15, 0.2) is 0 Å². The molecule has 134 valence electrons. The van der Waals surface area contributed by atoms with Crippen LogP contribution in [-0.2, 0) is 0 Å². The van der Waals surface area contributed by atoms with Crippen LogP contribution in [0, 0.1) is 35.5 Å². The van der Waals surface area contributed by atoms with Gasteiger partial charge in [-0.1, -0.05) is 52.4 Å². The summed E-state index contributed by atoms with van der Waals surface area (Å²) in [4.78, 5) is 0. The summed E-state index contributed by atoms with van der Waals surface area (Å²) >= 11 is 0. The molecule has 0 radical (unpaired) electrons. The van der Waals surface area contributed by atoms with E-state index < -0.39 is 0 Å². The van der Waals surface area contributed by atoms with Crippen LogP contribution in [0.4, 0.5) is 0 Å². The predicted molar refractivity (Wildman–Crippen MR) is 98.3 cm³/mol. The molecule has 0 aromatic carbocycles. The highest BCUT2D eigenvalue weighted by Gasteiger charge is 2.34. The van der Waals surface area contributed by atoms with Crippen LogP contribution in [0.5, 0.6) is 0 Å². The van der Waals surface area contributed by atoms with Crippen LogP contribution in [0.1, 0.15) is 97.3 Å². The smallest absolute Gasteiger partial charge is 0.0594 e. The molecule has 3 fully saturated rings. The highest BCUT2D eigenvalue weighted by Crippen LogP contribution is 2.44. The van der Waals surface area contributed by atoms with Gasteiger partial charge in [0, 0.05) is 0 Å². The number of rotatable bonds is 4. The van der Waals surface area contributed by atoms with Gasteiger partial charge in [0.1, 0.15) is 0 Å². The van der Waals surface area contributed by atoms with E-state index in [1.54, 1.807) is 0 Å². The molecule has 3 unspecified atom stereocenters. The van der Waals surface area contributed by atoms with Crippen molar-refractivity contribution in [2.45, 2.75) is 103 Å². The molecule has 0 saturated heterocycles. The fourth-order valence-electron chi connectivity index (χ4n) is 6.16. The first kappa shape index (κ1) is 17.8. The molecule has 3 saturated carbocycles. The Labute approximate surface area is 144 Å². The van der Waals surface area contributed by atoms with E-state index in [0.29, 0.717) is 11.8 Å². The first-order valence-corrected chi connectivity index (χ1v) is 10.8. The molecule has 0 aromatic heterocycles. The van der Waals surface area contributed by atoms with Gasteiger partial charge in [0.25, 0.3) is 0 Å². The zero-order chi connectivity index (χ0) is 16.2. The molecule has 0 aliphatic heterocycles. The summed E-state index contributed by atoms with van der Waals surface area (Å²) in [5, 5.41) is 10.5. The van der Waals surface area contributed by atoms with Gasteiger partial charge in [-0.05, 0) is 80.5 Å². The van der Waals surface area contributed by atoms with Gasteiger partial charge in [0.05, 0.1) is 6.10 Å². The molecule has 3 rings (SSSR count). The Morgan fingerprint density at radius 3 is 1.87 bits per heavy atom. The van der Waals surface area contributed by atoms with Gasteiger partial charge in [-0.3, -0.25) is 0 Å². The van der Waals surface area contributed by atoms with Gasteiger partial charge in [-0.25, -0.2) is 0 Å². The minimum Gasteiger partial charge on any atom is -0.393 e. The van der Waals surface area contributed by atoms with E-state index in [1.807, 2.05) is 0 Å². The van der Waals surface area contributed by atoms with Crippen molar-refractivity contribution in [3.63, 3.8) is 0 Å². The van der Waals surface area contributed by atoms with Crippen LogP contribution in [0.3, 0.4) is 0 Å². The van der Waals surface area contributed by atoms with E-state index in [0.717, 1.165) is 23.7 Å². The molecular formula is C22H40O. The molecule has 1 heteroatoms. The van der Waals surface area contributed by atoms with Crippen LogP contribution in [-0.4, -0.2) is 11.2 Å². The Morgan fingerprint density at radius 1 is 0.739 bits per heavy atom. The molecule has 1 nitrogen and oxygen atoms in total. The SMILES string of the molecule is CCC1CCC(C2CCC(CC3CCCC(C)C3O)CC2)CC1. The molecule has 3 aliphatic rings. The second-order valence-corrected chi connectivity index (χ2v) is 9.36. The number of hydrogen-bond donors (Lipinski definition) is 1. The van der Waals surface area contributed by atoms with Gasteiger partial charge in [0.2, 0.25) is 0 Å². The van der Waals surface area contributed by atoms with Crippen molar-refractivity contribution in [2.24, 2.45) is 35.5 Å². The minimum absolute atomic E-state index is 0.00852. The van der Waals surface area contributed by atoms with Crippen LogP contribution >= 0.6 is 0 Å². The van der Waals surface area contributed by atoms with Crippen molar-refractivity contribution in [3.8, 4) is 0 Å². The topological polar surface area (TPSA) is 20.2 Å². The largest absolute Gasteiger partial charge is 0.393 e. The molecule has 1 N–H and O–H groups in total. The van der Waals surface area contributed by atoms with E-state index in [4.69, 9.17) is 0 Å². The van der Waals surface area contributed by atoms with Crippen molar-refractivity contribution in [2.75, 3.05) is 0 Å². The summed E-state index contributed by atoms with van der Waals surface area (Å²) in [6.07, 6.45) is 18.5. The van der Waals surface area contributed by atoms with E-state index in [2.05, 4.69) is 13.8 Å². The molecule has 3 aliphatic carbocycles. The summed E-state index contributed by atoms with van der Waals surface area (Å²) < 4.78 is 0.